The number of carbonyl (C=O) groups is 2. The lowest BCUT2D eigenvalue weighted by atomic mass is 9.97. The number of methoxy groups -OCH3 is 1. The number of ketones is 1. The van der Waals surface area contributed by atoms with Crippen molar-refractivity contribution in [2.24, 2.45) is 0 Å². The number of carbonyl (C=O) groups excluding carboxylic acids is 2. The average Bonchev–Trinajstić information content (AvgIpc) is 3.04. The van der Waals surface area contributed by atoms with Gasteiger partial charge in [-0.1, -0.05) is 17.7 Å². The van der Waals surface area contributed by atoms with Crippen molar-refractivity contribution in [3.63, 3.8) is 0 Å². The third-order valence-electron chi connectivity index (χ3n) is 5.56. The summed E-state index contributed by atoms with van der Waals surface area (Å²) in [5, 5.41) is 0. The van der Waals surface area contributed by atoms with Crippen LogP contribution >= 0.6 is 0 Å². The molecule has 1 aromatic carbocycles. The van der Waals surface area contributed by atoms with Crippen LogP contribution in [0.25, 0.3) is 0 Å². The molecule has 3 rings (SSSR count). The highest BCUT2D eigenvalue weighted by Crippen LogP contribution is 2.23. The van der Waals surface area contributed by atoms with E-state index >= 15 is 0 Å². The van der Waals surface area contributed by atoms with Gasteiger partial charge in [0.25, 0.3) is 0 Å². The molecule has 1 aliphatic carbocycles. The van der Waals surface area contributed by atoms with E-state index in [4.69, 9.17) is 9.47 Å². The minimum Gasteiger partial charge on any atom is -0.497 e. The zero-order valence-electron chi connectivity index (χ0n) is 17.5. The lowest BCUT2D eigenvalue weighted by Gasteiger charge is -2.15. The molecule has 0 saturated heterocycles. The van der Waals surface area contributed by atoms with Crippen molar-refractivity contribution in [3.8, 4) is 5.75 Å². The summed E-state index contributed by atoms with van der Waals surface area (Å²) in [5.41, 5.74) is 4.49. The molecule has 2 aromatic rings. The van der Waals surface area contributed by atoms with Gasteiger partial charge in [-0.05, 0) is 70.2 Å². The lowest BCUT2D eigenvalue weighted by molar-refractivity contribution is 0.0474. The Morgan fingerprint density at radius 2 is 1.97 bits per heavy atom. The topological polar surface area (TPSA) is 57.5 Å². The van der Waals surface area contributed by atoms with Crippen LogP contribution in [-0.2, 0) is 11.3 Å². The molecule has 0 spiro atoms. The smallest absolute Gasteiger partial charge is 0.338 e. The Balaban J connectivity index is 1.61. The maximum atomic E-state index is 12.7. The second-order valence-electron chi connectivity index (χ2n) is 7.53. The van der Waals surface area contributed by atoms with Crippen molar-refractivity contribution < 1.29 is 19.1 Å². The molecule has 0 amide bonds. The van der Waals surface area contributed by atoms with Gasteiger partial charge in [0, 0.05) is 23.5 Å². The SMILES string of the molecule is COc1cccc(C(=O)OCC(=O)c2cc(C)n(CCC3=CCCCC3)c2C)c1. The molecule has 1 heterocycles. The van der Waals surface area contributed by atoms with Crippen LogP contribution in [0.1, 0.15) is 64.2 Å². The molecule has 0 bridgehead atoms. The monoisotopic (exact) mass is 395 g/mol. The van der Waals surface area contributed by atoms with Crippen molar-refractivity contribution in [2.75, 3.05) is 13.7 Å². The van der Waals surface area contributed by atoms with Gasteiger partial charge < -0.3 is 14.0 Å². The first-order valence-corrected chi connectivity index (χ1v) is 10.2. The highest BCUT2D eigenvalue weighted by atomic mass is 16.5. The van der Waals surface area contributed by atoms with Gasteiger partial charge in [-0.15, -0.1) is 0 Å². The van der Waals surface area contributed by atoms with E-state index in [-0.39, 0.29) is 12.4 Å². The number of esters is 1. The molecule has 0 atom stereocenters. The lowest BCUT2D eigenvalue weighted by Crippen LogP contribution is -2.15. The minimum absolute atomic E-state index is 0.183. The third kappa shape index (κ3) is 5.17. The van der Waals surface area contributed by atoms with Crippen molar-refractivity contribution >= 4 is 11.8 Å². The number of hydrogen-bond acceptors (Lipinski definition) is 4. The van der Waals surface area contributed by atoms with Crippen LogP contribution in [0.15, 0.2) is 42.0 Å². The van der Waals surface area contributed by atoms with E-state index < -0.39 is 5.97 Å². The van der Waals surface area contributed by atoms with Crippen LogP contribution in [0.4, 0.5) is 0 Å². The van der Waals surface area contributed by atoms with Gasteiger partial charge in [0.2, 0.25) is 5.78 Å². The van der Waals surface area contributed by atoms with Gasteiger partial charge >= 0.3 is 5.97 Å². The molecular formula is C24H29NO4. The molecule has 0 unspecified atom stereocenters. The fraction of sp³-hybridized carbons (Fsp3) is 0.417. The Morgan fingerprint density at radius 1 is 1.14 bits per heavy atom. The second-order valence-corrected chi connectivity index (χ2v) is 7.53. The number of allylic oxidation sites excluding steroid dienone is 2. The number of rotatable bonds is 8. The molecule has 5 heteroatoms. The molecule has 0 radical (unpaired) electrons. The zero-order valence-corrected chi connectivity index (χ0v) is 17.5. The molecule has 29 heavy (non-hydrogen) atoms. The van der Waals surface area contributed by atoms with E-state index in [1.807, 2.05) is 19.9 Å². The summed E-state index contributed by atoms with van der Waals surface area (Å²) in [7, 11) is 1.54. The number of nitrogens with zero attached hydrogens (tertiary/aromatic N) is 1. The molecule has 0 N–H and O–H groups in total. The first-order chi connectivity index (χ1) is 14.0. The Kier molecular flexibility index (Phi) is 6.91. The molecule has 5 nitrogen and oxygen atoms in total. The number of ether oxygens (including phenoxy) is 2. The molecule has 0 aliphatic heterocycles. The highest BCUT2D eigenvalue weighted by Gasteiger charge is 2.18. The Hall–Kier alpha value is -2.82. The predicted octanol–water partition coefficient (Wildman–Crippen LogP) is 5.04. The molecule has 0 fully saturated rings. The number of hydrogen-bond donors (Lipinski definition) is 0. The first-order valence-electron chi connectivity index (χ1n) is 10.2. The summed E-state index contributed by atoms with van der Waals surface area (Å²) >= 11 is 0. The standard InChI is InChI=1S/C24H29NO4/c1-17-14-22(18(2)25(17)13-12-19-8-5-4-6-9-19)23(26)16-29-24(27)20-10-7-11-21(15-20)28-3/h7-8,10-11,14-15H,4-6,9,12-13,16H2,1-3H3. The number of Topliss-reactive ketones (excluding diaryl/α,β-unsaturated/α-hetero) is 1. The normalized spacial score (nSPS) is 13.7. The van der Waals surface area contributed by atoms with Crippen molar-refractivity contribution in [3.05, 3.63) is 64.5 Å². The maximum Gasteiger partial charge on any atom is 0.338 e. The second kappa shape index (κ2) is 9.59. The molecule has 0 saturated carbocycles. The van der Waals surface area contributed by atoms with Crippen LogP contribution < -0.4 is 4.74 Å². The van der Waals surface area contributed by atoms with Crippen molar-refractivity contribution in [1.29, 1.82) is 0 Å². The summed E-state index contributed by atoms with van der Waals surface area (Å²) < 4.78 is 12.5. The summed E-state index contributed by atoms with van der Waals surface area (Å²) in [5.74, 6) is -0.143. The maximum absolute atomic E-state index is 12.7. The average molecular weight is 395 g/mol. The van der Waals surface area contributed by atoms with Crippen LogP contribution in [0.2, 0.25) is 0 Å². The minimum atomic E-state index is -0.532. The molecule has 1 aromatic heterocycles. The summed E-state index contributed by atoms with van der Waals surface area (Å²) in [6.07, 6.45) is 8.32. The summed E-state index contributed by atoms with van der Waals surface area (Å²) in [6.45, 7) is 4.58. The van der Waals surface area contributed by atoms with E-state index in [9.17, 15) is 9.59 Å². The van der Waals surface area contributed by atoms with E-state index in [0.29, 0.717) is 16.9 Å². The van der Waals surface area contributed by atoms with E-state index in [0.717, 1.165) is 24.4 Å². The summed E-state index contributed by atoms with van der Waals surface area (Å²) in [6, 6.07) is 8.60. The number of aryl methyl sites for hydroxylation is 1. The fourth-order valence-electron chi connectivity index (χ4n) is 3.86. The van der Waals surface area contributed by atoms with Crippen molar-refractivity contribution in [1.82, 2.24) is 4.57 Å². The van der Waals surface area contributed by atoms with Crippen LogP contribution in [0, 0.1) is 13.8 Å². The predicted molar refractivity (Wildman–Crippen MR) is 113 cm³/mol. The van der Waals surface area contributed by atoms with Crippen LogP contribution in [-0.4, -0.2) is 30.0 Å². The summed E-state index contributed by atoms with van der Waals surface area (Å²) in [4.78, 5) is 24.9. The third-order valence-corrected chi connectivity index (χ3v) is 5.56. The molecule has 1 aliphatic rings. The van der Waals surface area contributed by atoms with Crippen molar-refractivity contribution in [2.45, 2.75) is 52.5 Å². The van der Waals surface area contributed by atoms with E-state index in [1.54, 1.807) is 24.3 Å². The number of benzene rings is 1. The quantitative estimate of drug-likeness (QED) is 0.357. The van der Waals surface area contributed by atoms with Gasteiger partial charge in [-0.2, -0.15) is 0 Å². The Labute approximate surface area is 172 Å². The zero-order chi connectivity index (χ0) is 20.8. The van der Waals surface area contributed by atoms with Gasteiger partial charge in [0.15, 0.2) is 6.61 Å². The van der Waals surface area contributed by atoms with Crippen LogP contribution in [0.3, 0.4) is 0 Å². The van der Waals surface area contributed by atoms with Gasteiger partial charge in [-0.25, -0.2) is 4.79 Å². The molecular weight excluding hydrogens is 366 g/mol. The Bertz CT molecular complexity index is 923. The molecule has 154 valence electrons. The first kappa shape index (κ1) is 20.9. The fourth-order valence-corrected chi connectivity index (χ4v) is 3.86. The van der Waals surface area contributed by atoms with Gasteiger partial charge in [0.1, 0.15) is 5.75 Å². The van der Waals surface area contributed by atoms with E-state index in [1.165, 1.54) is 38.4 Å². The van der Waals surface area contributed by atoms with Gasteiger partial charge in [0.05, 0.1) is 12.7 Å². The number of aromatic nitrogens is 1. The van der Waals surface area contributed by atoms with E-state index in [2.05, 4.69) is 10.6 Å². The van der Waals surface area contributed by atoms with Crippen LogP contribution in [0.5, 0.6) is 5.75 Å². The largest absolute Gasteiger partial charge is 0.497 e. The van der Waals surface area contributed by atoms with Gasteiger partial charge in [-0.3, -0.25) is 4.79 Å². The Morgan fingerprint density at radius 3 is 2.69 bits per heavy atom. The highest BCUT2D eigenvalue weighted by molar-refractivity contribution is 6.00.